The molecule has 9 rings (SSSR count). The molecule has 3 N–H and O–H groups in total. The van der Waals surface area contributed by atoms with Crippen molar-refractivity contribution in [2.45, 2.75) is 271 Å². The van der Waals surface area contributed by atoms with Crippen LogP contribution in [0.25, 0.3) is 0 Å². The predicted octanol–water partition coefficient (Wildman–Crippen LogP) is 16.0. The third-order valence-electron chi connectivity index (χ3n) is 21.4. The van der Waals surface area contributed by atoms with Crippen molar-refractivity contribution in [2.75, 3.05) is 75.3 Å². The van der Waals surface area contributed by atoms with Crippen LogP contribution in [0.15, 0.2) is 36.4 Å². The van der Waals surface area contributed by atoms with Gasteiger partial charge in [-0.25, -0.2) is 14.4 Å². The van der Waals surface area contributed by atoms with E-state index in [4.69, 9.17) is 14.2 Å². The lowest BCUT2D eigenvalue weighted by Gasteiger charge is -2.41. The fraction of sp³-hybridized carbons (Fsp3) is 0.654. The van der Waals surface area contributed by atoms with Crippen LogP contribution in [0, 0.1) is 6.92 Å². The van der Waals surface area contributed by atoms with Crippen LogP contribution >= 0.6 is 37.2 Å². The fourth-order valence-electron chi connectivity index (χ4n) is 15.1. The average molecular weight is 1640 g/mol. The van der Waals surface area contributed by atoms with Gasteiger partial charge in [0.15, 0.2) is 16.8 Å². The molecule has 111 heavy (non-hydrogen) atoms. The molecule has 3 aromatic carbocycles. The number of aryl methyl sites for hydroxylation is 1. The molecule has 33 heteroatoms. The van der Waals surface area contributed by atoms with Crippen molar-refractivity contribution in [1.82, 2.24) is 30.7 Å². The first kappa shape index (κ1) is 95.5. The molecule has 6 aliphatic rings. The van der Waals surface area contributed by atoms with Crippen molar-refractivity contribution < 1.29 is 97.9 Å². The third-order valence-corrected chi connectivity index (χ3v) is 21.4. The molecule has 3 fully saturated rings. The summed E-state index contributed by atoms with van der Waals surface area (Å²) in [6.45, 7) is 23.6. The maximum absolute atomic E-state index is 14.3. The average Bonchev–Trinajstić information content (AvgIpc) is 0.752. The van der Waals surface area contributed by atoms with Gasteiger partial charge in [-0.3, -0.25) is 28.8 Å². The number of amides is 9. The summed E-state index contributed by atoms with van der Waals surface area (Å²) in [5.41, 5.74) is -4.97. The molecule has 1 unspecified atom stereocenters. The number of methoxy groups -OCH3 is 3. The summed E-state index contributed by atoms with van der Waals surface area (Å²) in [6.07, 6.45) is 3.51. The number of alkyl carbamates (subject to hydrolysis) is 3. The van der Waals surface area contributed by atoms with E-state index in [9.17, 15) is 69.5 Å². The van der Waals surface area contributed by atoms with Gasteiger partial charge in [-0.15, -0.1) is 37.2 Å². The van der Waals surface area contributed by atoms with Gasteiger partial charge in [-0.1, -0.05) is 78.6 Å². The molecule has 0 saturated heterocycles. The molecular formula is C78H114Cl3F6N9O15. The summed E-state index contributed by atoms with van der Waals surface area (Å²) in [7, 11) is 3.69. The van der Waals surface area contributed by atoms with Gasteiger partial charge in [-0.2, -0.15) is 26.3 Å². The van der Waals surface area contributed by atoms with Crippen molar-refractivity contribution in [2.24, 2.45) is 0 Å². The quantitative estimate of drug-likeness (QED) is 0.0661. The van der Waals surface area contributed by atoms with Gasteiger partial charge in [-0.05, 0) is 169 Å². The van der Waals surface area contributed by atoms with Crippen molar-refractivity contribution in [3.05, 3.63) is 69.8 Å². The highest BCUT2D eigenvalue weighted by Gasteiger charge is 2.50. The van der Waals surface area contributed by atoms with E-state index in [1.165, 1.54) is 51.4 Å². The zero-order valence-electron chi connectivity index (χ0n) is 66.7. The number of carbonyl (C=O) groups excluding carboxylic acids is 9. The number of hydrogen-bond acceptors (Lipinski definition) is 15. The summed E-state index contributed by atoms with van der Waals surface area (Å²) < 4.78 is 117. The van der Waals surface area contributed by atoms with E-state index in [1.807, 2.05) is 24.8 Å². The number of rotatable bonds is 21. The zero-order valence-corrected chi connectivity index (χ0v) is 69.1. The van der Waals surface area contributed by atoms with Crippen LogP contribution in [-0.2, 0) is 40.9 Å². The van der Waals surface area contributed by atoms with Gasteiger partial charge in [0.05, 0.1) is 60.6 Å². The molecule has 9 amide bonds. The molecule has 3 heterocycles. The number of halogens is 9. The number of nitrogens with zero attached hydrogens (tertiary/aromatic N) is 6. The number of anilines is 3. The molecule has 3 aliphatic heterocycles. The molecule has 0 bridgehead atoms. The SMILES string of the molecule is CCC1(C)Oc2cc(C)c(C(=O)N(C(C)C)C3CCCCC3)cc2N(CCNC(=O)OC)C1=O.CC[C@@]1(C)Oc2cc(C(F)(F)F)c(C(=O)N(C(C)C)C3CCCCC3)cc2N(CCNC(=O)OC)C1=O.CC[C@]1(C)Oc2cc(C(F)(F)F)c(C(=O)N(C(C)C)C3CCCCC3)cc2N(CCNC(=O)OC)C1=O.Cl.Cl.Cl. The first-order valence-electron chi connectivity index (χ1n) is 37.9. The van der Waals surface area contributed by atoms with E-state index in [0.29, 0.717) is 23.4 Å². The largest absolute Gasteiger partial charge is 0.476 e. The smallest absolute Gasteiger partial charge is 0.417 e. The van der Waals surface area contributed by atoms with Gasteiger partial charge in [0, 0.05) is 81.1 Å². The predicted molar refractivity (Wildman–Crippen MR) is 417 cm³/mol. The van der Waals surface area contributed by atoms with Crippen LogP contribution in [0.5, 0.6) is 17.2 Å². The van der Waals surface area contributed by atoms with Crippen molar-refractivity contribution in [3.63, 3.8) is 0 Å². The highest BCUT2D eigenvalue weighted by molar-refractivity contribution is 6.08. The van der Waals surface area contributed by atoms with Gasteiger partial charge in [0.1, 0.15) is 17.2 Å². The summed E-state index contributed by atoms with van der Waals surface area (Å²) in [6, 6.07) is 6.91. The van der Waals surface area contributed by atoms with Gasteiger partial charge in [0.2, 0.25) is 0 Å². The Balaban J connectivity index is 0.000000347. The van der Waals surface area contributed by atoms with Crippen LogP contribution in [-0.4, -0.2) is 182 Å². The summed E-state index contributed by atoms with van der Waals surface area (Å²) >= 11 is 0. The molecule has 24 nitrogen and oxygen atoms in total. The summed E-state index contributed by atoms with van der Waals surface area (Å²) in [5.74, 6) is -2.29. The summed E-state index contributed by atoms with van der Waals surface area (Å²) in [4.78, 5) is 125. The van der Waals surface area contributed by atoms with Crippen molar-refractivity contribution in [1.29, 1.82) is 0 Å². The Morgan fingerprint density at radius 1 is 0.441 bits per heavy atom. The minimum absolute atomic E-state index is 0. The number of nitrogens with one attached hydrogen (secondary N) is 3. The molecule has 0 radical (unpaired) electrons. The van der Waals surface area contributed by atoms with Crippen molar-refractivity contribution >= 4 is 108 Å². The van der Waals surface area contributed by atoms with Crippen LogP contribution in [0.2, 0.25) is 0 Å². The Hall–Kier alpha value is -7.86. The Kier molecular flexibility index (Phi) is 35.1. The Labute approximate surface area is 666 Å². The highest BCUT2D eigenvalue weighted by atomic mass is 35.5. The Morgan fingerprint density at radius 2 is 0.685 bits per heavy atom. The molecule has 624 valence electrons. The van der Waals surface area contributed by atoms with Crippen LogP contribution < -0.4 is 44.9 Å². The lowest BCUT2D eigenvalue weighted by Crippen LogP contribution is -2.55. The first-order valence-corrected chi connectivity index (χ1v) is 37.9. The lowest BCUT2D eigenvalue weighted by molar-refractivity contribution is -0.139. The first-order chi connectivity index (χ1) is 50.8. The molecule has 3 atom stereocenters. The number of ether oxygens (including phenoxy) is 6. The van der Waals surface area contributed by atoms with Crippen molar-refractivity contribution in [3.8, 4) is 17.2 Å². The molecule has 3 saturated carbocycles. The number of fused-ring (bicyclic) bond motifs is 3. The highest BCUT2D eigenvalue weighted by Crippen LogP contribution is 2.49. The minimum Gasteiger partial charge on any atom is -0.476 e. The lowest BCUT2D eigenvalue weighted by atomic mass is 9.91. The van der Waals surface area contributed by atoms with E-state index in [-0.39, 0.29) is 160 Å². The normalized spacial score (nSPS) is 19.9. The number of hydrogen-bond donors (Lipinski definition) is 3. The van der Waals surface area contributed by atoms with Crippen LogP contribution in [0.3, 0.4) is 0 Å². The van der Waals surface area contributed by atoms with Gasteiger partial charge >= 0.3 is 30.6 Å². The summed E-state index contributed by atoms with van der Waals surface area (Å²) in [5, 5.41) is 7.58. The fourth-order valence-corrected chi connectivity index (χ4v) is 15.1. The topological polar surface area (TPSA) is 265 Å². The van der Waals surface area contributed by atoms with E-state index < -0.39 is 93.3 Å². The van der Waals surface area contributed by atoms with Gasteiger partial charge < -0.3 is 73.8 Å². The monoisotopic (exact) mass is 1640 g/mol. The number of carbonyl (C=O) groups is 9. The zero-order chi connectivity index (χ0) is 80.1. The second kappa shape index (κ2) is 40.7. The van der Waals surface area contributed by atoms with E-state index >= 15 is 0 Å². The minimum atomic E-state index is -4.82. The number of alkyl halides is 6. The van der Waals surface area contributed by atoms with Gasteiger partial charge in [0.25, 0.3) is 35.4 Å². The molecule has 0 spiro atoms. The van der Waals surface area contributed by atoms with E-state index in [2.05, 4.69) is 44.0 Å². The van der Waals surface area contributed by atoms with E-state index in [0.717, 1.165) is 120 Å². The van der Waals surface area contributed by atoms with Crippen LogP contribution in [0.1, 0.15) is 246 Å². The maximum Gasteiger partial charge on any atom is 0.417 e. The number of benzene rings is 3. The second-order valence-electron chi connectivity index (χ2n) is 29.8. The third kappa shape index (κ3) is 22.3. The Bertz CT molecular complexity index is 3580. The molecule has 0 aromatic heterocycles. The molecular weight excluding hydrogens is 1520 g/mol. The molecule has 3 aliphatic carbocycles. The maximum atomic E-state index is 14.3. The molecule has 3 aromatic rings. The standard InChI is InChI=1S/2C26H36F3N3O5.C26H39N3O5.3ClH/c2*1-6-25(4)23(34)31(13-12-30-24(35)36-5)20-14-18(19(26(27,28)29)15-21(20)37-25)22(33)32(16(2)3)17-10-8-7-9-11-17;1-7-26(5)24(31)28(14-13-27-25(32)33-6)21-16-20(18(4)15-22(21)34-26)23(30)29(17(2)3)19-11-9-8-10-12-19;;;/h2*14-17H,6-13H2,1-5H3,(H,30,35);15-17,19H,7-14H2,1-6H3,(H,27,32);3*1H/t2*25-;;;;/m10..../s1. The Morgan fingerprint density at radius 3 is 0.919 bits per heavy atom. The van der Waals surface area contributed by atoms with E-state index in [1.54, 1.807) is 69.2 Å². The van der Waals surface area contributed by atoms with Crippen LogP contribution in [0.4, 0.5) is 57.8 Å². The second-order valence-corrected chi connectivity index (χ2v) is 29.8.